The smallest absolute Gasteiger partial charge is 0.330 e. The average molecular weight is 240 g/mol. The van der Waals surface area contributed by atoms with E-state index in [-0.39, 0.29) is 12.2 Å². The fourth-order valence-corrected chi connectivity index (χ4v) is 1.71. The second kappa shape index (κ2) is 4.28. The van der Waals surface area contributed by atoms with Gasteiger partial charge in [-0.1, -0.05) is 6.58 Å². The molecule has 0 aromatic carbocycles. The summed E-state index contributed by atoms with van der Waals surface area (Å²) in [6.45, 7) is 3.24. The summed E-state index contributed by atoms with van der Waals surface area (Å²) >= 11 is 0. The maximum Gasteiger partial charge on any atom is 0.330 e. The number of hydrogen-bond acceptors (Lipinski definition) is 5. The molecular weight excluding hydrogens is 228 g/mol. The van der Waals surface area contributed by atoms with Gasteiger partial charge in [-0.2, -0.15) is 0 Å². The number of nitrogens with zero attached hydrogens (tertiary/aromatic N) is 1. The van der Waals surface area contributed by atoms with Gasteiger partial charge in [-0.05, 0) is 0 Å². The van der Waals surface area contributed by atoms with Crippen LogP contribution in [-0.2, 0) is 4.74 Å². The Hall–Kier alpha value is -1.70. The molecular formula is C10H12N2O5. The van der Waals surface area contributed by atoms with Crippen LogP contribution in [0.5, 0.6) is 0 Å². The minimum Gasteiger partial charge on any atom is -0.394 e. The highest BCUT2D eigenvalue weighted by atomic mass is 16.5. The minimum atomic E-state index is -1.04. The first-order valence-corrected chi connectivity index (χ1v) is 4.99. The molecule has 92 valence electrons. The third-order valence-corrected chi connectivity index (χ3v) is 2.64. The highest BCUT2D eigenvalue weighted by Gasteiger charge is 2.38. The summed E-state index contributed by atoms with van der Waals surface area (Å²) in [7, 11) is 0. The van der Waals surface area contributed by atoms with Crippen molar-refractivity contribution >= 4 is 0 Å². The predicted octanol–water partition coefficient (Wildman–Crippen LogP) is -1.66. The van der Waals surface area contributed by atoms with Crippen LogP contribution in [0.1, 0.15) is 6.23 Å². The molecule has 1 fully saturated rings. The first-order chi connectivity index (χ1) is 8.04. The second-order valence-corrected chi connectivity index (χ2v) is 3.75. The van der Waals surface area contributed by atoms with Gasteiger partial charge in [0.2, 0.25) is 0 Å². The number of hydrogen-bond donors (Lipinski definition) is 3. The zero-order valence-electron chi connectivity index (χ0n) is 8.87. The van der Waals surface area contributed by atoms with E-state index in [1.165, 1.54) is 6.20 Å². The van der Waals surface area contributed by atoms with Gasteiger partial charge < -0.3 is 14.9 Å². The first-order valence-electron chi connectivity index (χ1n) is 4.99. The number of nitrogens with one attached hydrogen (secondary N) is 1. The lowest BCUT2D eigenvalue weighted by Gasteiger charge is -2.14. The molecule has 0 spiro atoms. The van der Waals surface area contributed by atoms with Crippen molar-refractivity contribution in [3.05, 3.63) is 45.3 Å². The van der Waals surface area contributed by atoms with E-state index >= 15 is 0 Å². The molecule has 1 aliphatic rings. The van der Waals surface area contributed by atoms with Gasteiger partial charge in [0.15, 0.2) is 6.23 Å². The lowest BCUT2D eigenvalue weighted by molar-refractivity contribution is -0.0447. The Morgan fingerprint density at radius 3 is 2.76 bits per heavy atom. The topological polar surface area (TPSA) is 105 Å². The maximum atomic E-state index is 11.5. The van der Waals surface area contributed by atoms with E-state index in [0.717, 1.165) is 10.6 Å². The zero-order valence-corrected chi connectivity index (χ0v) is 8.87. The number of aromatic nitrogens is 2. The van der Waals surface area contributed by atoms with Crippen molar-refractivity contribution in [2.75, 3.05) is 6.61 Å². The fourth-order valence-electron chi connectivity index (χ4n) is 1.71. The molecule has 0 saturated carbocycles. The lowest BCUT2D eigenvalue weighted by Crippen LogP contribution is -2.32. The third-order valence-electron chi connectivity index (χ3n) is 2.64. The summed E-state index contributed by atoms with van der Waals surface area (Å²) in [6, 6.07) is 1.16. The van der Waals surface area contributed by atoms with Crippen molar-refractivity contribution in [2.24, 2.45) is 0 Å². The quantitative estimate of drug-likeness (QED) is 0.537. The molecule has 7 heteroatoms. The van der Waals surface area contributed by atoms with Gasteiger partial charge in [0.05, 0.1) is 6.61 Å². The van der Waals surface area contributed by atoms with Crippen LogP contribution in [0.2, 0.25) is 0 Å². The minimum absolute atomic E-state index is 0.262. The molecule has 1 saturated heterocycles. The maximum absolute atomic E-state index is 11.5. The van der Waals surface area contributed by atoms with Crippen molar-refractivity contribution in [3.63, 3.8) is 0 Å². The van der Waals surface area contributed by atoms with Crippen molar-refractivity contribution in [3.8, 4) is 0 Å². The Labute approximate surface area is 95.6 Å². The van der Waals surface area contributed by atoms with E-state index in [4.69, 9.17) is 9.84 Å². The summed E-state index contributed by atoms with van der Waals surface area (Å²) in [5.74, 6) is 0. The Kier molecular flexibility index (Phi) is 2.97. The van der Waals surface area contributed by atoms with Gasteiger partial charge in [0.1, 0.15) is 12.2 Å². The van der Waals surface area contributed by atoms with Gasteiger partial charge in [0.25, 0.3) is 5.56 Å². The van der Waals surface area contributed by atoms with Gasteiger partial charge in [-0.3, -0.25) is 14.3 Å². The highest BCUT2D eigenvalue weighted by Crippen LogP contribution is 2.31. The van der Waals surface area contributed by atoms with Crippen molar-refractivity contribution in [2.45, 2.75) is 18.4 Å². The summed E-state index contributed by atoms with van der Waals surface area (Å²) in [5.41, 5.74) is -0.915. The van der Waals surface area contributed by atoms with Crippen molar-refractivity contribution in [1.82, 2.24) is 9.55 Å². The van der Waals surface area contributed by atoms with Gasteiger partial charge >= 0.3 is 5.69 Å². The molecule has 2 heterocycles. The largest absolute Gasteiger partial charge is 0.394 e. The number of ether oxygens (including phenoxy) is 1. The number of aromatic amines is 1. The van der Waals surface area contributed by atoms with Crippen LogP contribution < -0.4 is 11.2 Å². The van der Waals surface area contributed by atoms with Crippen LogP contribution in [0, 0.1) is 0 Å². The number of rotatable bonds is 2. The normalized spacial score (nSPS) is 28.6. The Morgan fingerprint density at radius 2 is 2.24 bits per heavy atom. The summed E-state index contributed by atoms with van der Waals surface area (Å²) in [6.07, 6.45) is -1.48. The third kappa shape index (κ3) is 1.95. The van der Waals surface area contributed by atoms with E-state index in [9.17, 15) is 14.7 Å². The molecule has 3 N–H and O–H groups in total. The average Bonchev–Trinajstić information content (AvgIpc) is 2.57. The summed E-state index contributed by atoms with van der Waals surface area (Å²) < 4.78 is 6.38. The zero-order chi connectivity index (χ0) is 12.6. The van der Waals surface area contributed by atoms with E-state index in [0.29, 0.717) is 0 Å². The Bertz CT molecular complexity index is 546. The molecule has 0 aliphatic carbocycles. The monoisotopic (exact) mass is 240 g/mol. The molecule has 7 nitrogen and oxygen atoms in total. The standard InChI is InChI=1S/C10H12N2O5/c1-5-8(15)6(4-13)17-9(5)12-3-2-7(14)11-10(12)16/h2-3,6,8-9,13,15H,1,4H2,(H,11,14,16)/t6-,8+,9-/m1/s1. The van der Waals surface area contributed by atoms with E-state index in [1.54, 1.807) is 0 Å². The highest BCUT2D eigenvalue weighted by molar-refractivity contribution is 5.14. The van der Waals surface area contributed by atoms with E-state index in [2.05, 4.69) is 11.6 Å². The SMILES string of the molecule is C=C1[C@H](n2ccc(=O)[nH]c2=O)O[C@H](CO)[C@H]1O. The molecule has 1 aromatic rings. The van der Waals surface area contributed by atoms with Crippen LogP contribution in [0.4, 0.5) is 0 Å². The molecule has 2 rings (SSSR count). The molecule has 0 amide bonds. The summed E-state index contributed by atoms with van der Waals surface area (Å²) in [4.78, 5) is 24.5. The van der Waals surface area contributed by atoms with Crippen molar-refractivity contribution < 1.29 is 14.9 Å². The molecule has 1 aromatic heterocycles. The first kappa shape index (κ1) is 11.8. The molecule has 17 heavy (non-hydrogen) atoms. The molecule has 0 bridgehead atoms. The molecule has 0 radical (unpaired) electrons. The van der Waals surface area contributed by atoms with E-state index in [1.807, 2.05) is 0 Å². The van der Waals surface area contributed by atoms with E-state index < -0.39 is 29.7 Å². The van der Waals surface area contributed by atoms with Crippen molar-refractivity contribution in [1.29, 1.82) is 0 Å². The van der Waals surface area contributed by atoms with Gasteiger partial charge in [0, 0.05) is 17.8 Å². The Morgan fingerprint density at radius 1 is 1.53 bits per heavy atom. The number of H-pyrrole nitrogens is 1. The van der Waals surface area contributed by atoms with Crippen LogP contribution in [0.3, 0.4) is 0 Å². The Balaban J connectivity index is 2.39. The lowest BCUT2D eigenvalue weighted by atomic mass is 10.1. The van der Waals surface area contributed by atoms with Gasteiger partial charge in [-0.15, -0.1) is 0 Å². The summed E-state index contributed by atoms with van der Waals surface area (Å²) in [5, 5.41) is 18.6. The fraction of sp³-hybridized carbons (Fsp3) is 0.400. The molecule has 1 aliphatic heterocycles. The van der Waals surface area contributed by atoms with Crippen LogP contribution in [-0.4, -0.2) is 38.6 Å². The predicted molar refractivity (Wildman–Crippen MR) is 57.5 cm³/mol. The van der Waals surface area contributed by atoms with Crippen LogP contribution in [0.25, 0.3) is 0 Å². The number of aliphatic hydroxyl groups is 2. The molecule has 0 unspecified atom stereocenters. The second-order valence-electron chi connectivity index (χ2n) is 3.75. The molecule has 3 atom stereocenters. The van der Waals surface area contributed by atoms with Gasteiger partial charge in [-0.25, -0.2) is 4.79 Å². The van der Waals surface area contributed by atoms with Crippen LogP contribution >= 0.6 is 0 Å². The van der Waals surface area contributed by atoms with Crippen LogP contribution in [0.15, 0.2) is 34.0 Å². The number of aliphatic hydroxyl groups excluding tert-OH is 2.